The molecule has 3 nitrogen and oxygen atoms in total. The summed E-state index contributed by atoms with van der Waals surface area (Å²) in [6.45, 7) is 5.48. The van der Waals surface area contributed by atoms with Crippen LogP contribution in [0.4, 0.5) is 0 Å². The van der Waals surface area contributed by atoms with Crippen molar-refractivity contribution in [3.05, 3.63) is 58.5 Å². The number of hydrogen-bond acceptors (Lipinski definition) is 3. The van der Waals surface area contributed by atoms with E-state index >= 15 is 0 Å². The van der Waals surface area contributed by atoms with Gasteiger partial charge in [0.05, 0.1) is 6.10 Å². The van der Waals surface area contributed by atoms with E-state index in [1.807, 2.05) is 18.2 Å². The lowest BCUT2D eigenvalue weighted by Gasteiger charge is -2.11. The van der Waals surface area contributed by atoms with Crippen LogP contribution in [0.25, 0.3) is 11.0 Å². The third-order valence-corrected chi connectivity index (χ3v) is 2.71. The second-order valence-corrected chi connectivity index (χ2v) is 4.16. The Labute approximate surface area is 99.0 Å². The van der Waals surface area contributed by atoms with E-state index in [1.165, 1.54) is 6.07 Å². The van der Waals surface area contributed by atoms with Crippen molar-refractivity contribution >= 4 is 11.0 Å². The van der Waals surface area contributed by atoms with Crippen LogP contribution in [0.2, 0.25) is 0 Å². The molecular formula is C14H14O3. The minimum Gasteiger partial charge on any atom is -0.422 e. The summed E-state index contributed by atoms with van der Waals surface area (Å²) < 4.78 is 5.18. The van der Waals surface area contributed by atoms with Gasteiger partial charge in [-0.25, -0.2) is 4.79 Å². The number of fused-ring (bicyclic) bond motifs is 1. The van der Waals surface area contributed by atoms with Crippen molar-refractivity contribution in [3.8, 4) is 0 Å². The van der Waals surface area contributed by atoms with E-state index in [-0.39, 0.29) is 5.63 Å². The average molecular weight is 230 g/mol. The zero-order valence-corrected chi connectivity index (χ0v) is 9.64. The Balaban J connectivity index is 2.50. The Morgan fingerprint density at radius 1 is 1.41 bits per heavy atom. The maximum atomic E-state index is 11.2. The first-order valence-corrected chi connectivity index (χ1v) is 5.43. The molecule has 88 valence electrons. The molecule has 0 unspecified atom stereocenters. The Kier molecular flexibility index (Phi) is 3.11. The van der Waals surface area contributed by atoms with Crippen LogP contribution in [0.15, 0.2) is 51.7 Å². The van der Waals surface area contributed by atoms with Crippen LogP contribution < -0.4 is 5.63 Å². The zero-order valence-electron chi connectivity index (χ0n) is 9.64. The summed E-state index contributed by atoms with van der Waals surface area (Å²) in [5.41, 5.74) is 1.67. The van der Waals surface area contributed by atoms with Gasteiger partial charge in [-0.05, 0) is 18.6 Å². The second kappa shape index (κ2) is 4.55. The highest BCUT2D eigenvalue weighted by atomic mass is 16.4. The van der Waals surface area contributed by atoms with Gasteiger partial charge in [0.15, 0.2) is 0 Å². The third-order valence-electron chi connectivity index (χ3n) is 2.71. The van der Waals surface area contributed by atoms with E-state index in [2.05, 4.69) is 6.58 Å². The molecule has 1 atom stereocenters. The monoisotopic (exact) mass is 230 g/mol. The van der Waals surface area contributed by atoms with Gasteiger partial charge in [0.25, 0.3) is 0 Å². The lowest BCUT2D eigenvalue weighted by atomic mass is 10.0. The number of benzene rings is 1. The van der Waals surface area contributed by atoms with Crippen LogP contribution in [0.3, 0.4) is 0 Å². The molecule has 0 saturated carbocycles. The molecule has 1 heterocycles. The molecule has 17 heavy (non-hydrogen) atoms. The van der Waals surface area contributed by atoms with Crippen molar-refractivity contribution in [2.75, 3.05) is 0 Å². The van der Waals surface area contributed by atoms with Crippen LogP contribution in [-0.4, -0.2) is 11.2 Å². The van der Waals surface area contributed by atoms with Gasteiger partial charge in [-0.2, -0.15) is 0 Å². The highest BCUT2D eigenvalue weighted by molar-refractivity contribution is 5.79. The average Bonchev–Trinajstić information content (AvgIpc) is 2.29. The maximum Gasteiger partial charge on any atom is 0.336 e. The Morgan fingerprint density at radius 2 is 2.18 bits per heavy atom. The highest BCUT2D eigenvalue weighted by Gasteiger charge is 2.10. The Hall–Kier alpha value is -1.87. The van der Waals surface area contributed by atoms with E-state index in [1.54, 1.807) is 13.0 Å². The fraction of sp³-hybridized carbons (Fsp3) is 0.214. The molecule has 2 aromatic rings. The largest absolute Gasteiger partial charge is 0.422 e. The summed E-state index contributed by atoms with van der Waals surface area (Å²) in [5.74, 6) is 0. The molecule has 0 bridgehead atoms. The maximum absolute atomic E-state index is 11.2. The zero-order chi connectivity index (χ0) is 12.4. The lowest BCUT2D eigenvalue weighted by Crippen LogP contribution is -2.11. The normalized spacial score (nSPS) is 12.6. The molecule has 1 N–H and O–H groups in total. The molecule has 0 aliphatic carbocycles. The van der Waals surface area contributed by atoms with Crippen molar-refractivity contribution in [2.45, 2.75) is 19.4 Å². The van der Waals surface area contributed by atoms with Gasteiger partial charge in [-0.3, -0.25) is 0 Å². The Bertz CT molecular complexity index is 610. The first-order valence-electron chi connectivity index (χ1n) is 5.43. The smallest absolute Gasteiger partial charge is 0.336 e. The van der Waals surface area contributed by atoms with Crippen molar-refractivity contribution < 1.29 is 9.52 Å². The van der Waals surface area contributed by atoms with Crippen molar-refractivity contribution in [3.63, 3.8) is 0 Å². The minimum atomic E-state index is -0.619. The SMILES string of the molecule is C=C(C)[C@H](O)Cc1cccc2ccc(=O)oc12. The molecule has 2 rings (SSSR count). The number of aliphatic hydroxyl groups excluding tert-OH is 1. The van der Waals surface area contributed by atoms with Gasteiger partial charge < -0.3 is 9.52 Å². The number of hydrogen-bond donors (Lipinski definition) is 1. The van der Waals surface area contributed by atoms with E-state index in [0.29, 0.717) is 17.6 Å². The predicted molar refractivity (Wildman–Crippen MR) is 67.0 cm³/mol. The number of aliphatic hydroxyl groups is 1. The van der Waals surface area contributed by atoms with Crippen LogP contribution in [0, 0.1) is 0 Å². The second-order valence-electron chi connectivity index (χ2n) is 4.16. The molecule has 3 heteroatoms. The molecule has 0 spiro atoms. The molecular weight excluding hydrogens is 216 g/mol. The van der Waals surface area contributed by atoms with E-state index in [9.17, 15) is 9.90 Å². The van der Waals surface area contributed by atoms with Gasteiger partial charge in [-0.1, -0.05) is 30.4 Å². The third kappa shape index (κ3) is 2.45. The number of para-hydroxylation sites is 1. The summed E-state index contributed by atoms with van der Waals surface area (Å²) in [4.78, 5) is 11.2. The molecule has 0 fully saturated rings. The Morgan fingerprint density at radius 3 is 2.88 bits per heavy atom. The molecule has 0 saturated heterocycles. The van der Waals surface area contributed by atoms with Gasteiger partial charge in [0.1, 0.15) is 5.58 Å². The van der Waals surface area contributed by atoms with Crippen molar-refractivity contribution in [1.29, 1.82) is 0 Å². The molecule has 0 radical (unpaired) electrons. The topological polar surface area (TPSA) is 50.4 Å². The van der Waals surface area contributed by atoms with E-state index in [0.717, 1.165) is 10.9 Å². The molecule has 0 aliphatic rings. The van der Waals surface area contributed by atoms with Crippen molar-refractivity contribution in [1.82, 2.24) is 0 Å². The van der Waals surface area contributed by atoms with Gasteiger partial charge in [0.2, 0.25) is 0 Å². The van der Waals surface area contributed by atoms with Gasteiger partial charge >= 0.3 is 5.63 Å². The summed E-state index contributed by atoms with van der Waals surface area (Å²) in [6, 6.07) is 8.70. The van der Waals surface area contributed by atoms with Crippen molar-refractivity contribution in [2.24, 2.45) is 0 Å². The lowest BCUT2D eigenvalue weighted by molar-refractivity contribution is 0.212. The first kappa shape index (κ1) is 11.6. The summed E-state index contributed by atoms with van der Waals surface area (Å²) in [7, 11) is 0. The van der Waals surface area contributed by atoms with Crippen LogP contribution >= 0.6 is 0 Å². The van der Waals surface area contributed by atoms with Gasteiger partial charge in [0, 0.05) is 17.9 Å². The predicted octanol–water partition coefficient (Wildman–Crippen LogP) is 2.27. The summed E-state index contributed by atoms with van der Waals surface area (Å²) in [6.07, 6.45) is -0.217. The standard InChI is InChI=1S/C14H14O3/c1-9(2)12(15)8-11-5-3-4-10-6-7-13(16)17-14(10)11/h3-7,12,15H,1,8H2,2H3/t12-/m1/s1. The first-order chi connectivity index (χ1) is 8.08. The van der Waals surface area contributed by atoms with E-state index < -0.39 is 6.10 Å². The molecule has 1 aromatic carbocycles. The molecule has 1 aromatic heterocycles. The fourth-order valence-electron chi connectivity index (χ4n) is 1.70. The minimum absolute atomic E-state index is 0.380. The fourth-order valence-corrected chi connectivity index (χ4v) is 1.70. The quantitative estimate of drug-likeness (QED) is 0.650. The summed E-state index contributed by atoms with van der Waals surface area (Å²) >= 11 is 0. The van der Waals surface area contributed by atoms with Crippen LogP contribution in [0.5, 0.6) is 0 Å². The highest BCUT2D eigenvalue weighted by Crippen LogP contribution is 2.19. The van der Waals surface area contributed by atoms with Crippen LogP contribution in [0.1, 0.15) is 12.5 Å². The molecule has 0 aliphatic heterocycles. The number of rotatable bonds is 3. The van der Waals surface area contributed by atoms with Gasteiger partial charge in [-0.15, -0.1) is 0 Å². The van der Waals surface area contributed by atoms with Crippen LogP contribution in [-0.2, 0) is 6.42 Å². The summed E-state index contributed by atoms with van der Waals surface area (Å²) in [5, 5.41) is 10.6. The molecule has 0 amide bonds. The van der Waals surface area contributed by atoms with E-state index in [4.69, 9.17) is 4.42 Å².